The van der Waals surface area contributed by atoms with Crippen LogP contribution in [0.15, 0.2) is 36.9 Å². The lowest BCUT2D eigenvalue weighted by Gasteiger charge is -2.35. The molecule has 7 nitrogen and oxygen atoms in total. The summed E-state index contributed by atoms with van der Waals surface area (Å²) >= 11 is 0. The number of nitrogens with zero attached hydrogens (tertiary/aromatic N) is 2. The number of hydrogen-bond acceptors (Lipinski definition) is 5. The summed E-state index contributed by atoms with van der Waals surface area (Å²) in [6, 6.07) is 8.24. The molecule has 0 saturated carbocycles. The smallest absolute Gasteiger partial charge is 0.309 e. The summed E-state index contributed by atoms with van der Waals surface area (Å²) < 4.78 is 5.44. The normalized spacial score (nSPS) is 15.8. The molecule has 26 heavy (non-hydrogen) atoms. The number of benzene rings is 1. The number of amides is 2. The van der Waals surface area contributed by atoms with Crippen LogP contribution in [0.2, 0.25) is 0 Å². The molecule has 1 aliphatic rings. The minimum absolute atomic E-state index is 0.00809. The first kappa shape index (κ1) is 19.9. The quantitative estimate of drug-likeness (QED) is 0.549. The Morgan fingerprint density at radius 1 is 1.19 bits per heavy atom. The van der Waals surface area contributed by atoms with E-state index in [0.717, 1.165) is 24.3 Å². The molecule has 2 rings (SSSR count). The maximum absolute atomic E-state index is 12.0. The van der Waals surface area contributed by atoms with Crippen molar-refractivity contribution in [3.63, 3.8) is 0 Å². The molecular formula is C19H28N4O3. The van der Waals surface area contributed by atoms with E-state index in [0.29, 0.717) is 19.8 Å². The zero-order valence-corrected chi connectivity index (χ0v) is 15.5. The van der Waals surface area contributed by atoms with E-state index in [9.17, 15) is 9.59 Å². The van der Waals surface area contributed by atoms with Crippen LogP contribution in [-0.2, 0) is 14.3 Å². The first-order chi connectivity index (χ1) is 12.5. The Hall–Kier alpha value is -2.38. The van der Waals surface area contributed by atoms with Crippen LogP contribution in [0.5, 0.6) is 0 Å². The van der Waals surface area contributed by atoms with E-state index in [4.69, 9.17) is 4.74 Å². The van der Waals surface area contributed by atoms with Gasteiger partial charge in [0.15, 0.2) is 0 Å². The minimum Gasteiger partial charge on any atom is -0.379 e. The molecule has 1 aliphatic heterocycles. The molecule has 1 heterocycles. The van der Waals surface area contributed by atoms with Gasteiger partial charge in [0.1, 0.15) is 0 Å². The molecule has 0 radical (unpaired) electrons. The number of hydrogen-bond donors (Lipinski definition) is 2. The van der Waals surface area contributed by atoms with Gasteiger partial charge < -0.3 is 20.3 Å². The summed E-state index contributed by atoms with van der Waals surface area (Å²) in [6.07, 6.45) is 1.54. The van der Waals surface area contributed by atoms with E-state index >= 15 is 0 Å². The van der Waals surface area contributed by atoms with Crippen LogP contribution in [-0.4, -0.2) is 70.2 Å². The average molecular weight is 360 g/mol. The standard InChI is InChI=1S/C19H28N4O3/c1-4-9-20-18(24)19(25)21-14-17(23-10-12-26-13-11-23)15-5-7-16(8-6-15)22(2)3/h4-8,17H,1,9-14H2,2-3H3,(H,20,24)(H,21,25). The summed E-state index contributed by atoms with van der Waals surface area (Å²) in [5, 5.41) is 5.23. The number of rotatable bonds is 7. The highest BCUT2D eigenvalue weighted by Gasteiger charge is 2.24. The molecule has 0 bridgehead atoms. The van der Waals surface area contributed by atoms with Crippen LogP contribution >= 0.6 is 0 Å². The Kier molecular flexibility index (Phi) is 7.62. The molecule has 0 aliphatic carbocycles. The van der Waals surface area contributed by atoms with Gasteiger partial charge in [0.05, 0.1) is 19.3 Å². The van der Waals surface area contributed by atoms with Gasteiger partial charge in [-0.1, -0.05) is 18.2 Å². The van der Waals surface area contributed by atoms with Gasteiger partial charge >= 0.3 is 11.8 Å². The van der Waals surface area contributed by atoms with E-state index < -0.39 is 11.8 Å². The predicted octanol–water partition coefficient (Wildman–Crippen LogP) is 0.544. The minimum atomic E-state index is -0.645. The van der Waals surface area contributed by atoms with Crippen LogP contribution < -0.4 is 15.5 Å². The van der Waals surface area contributed by atoms with Gasteiger partial charge in [-0.15, -0.1) is 6.58 Å². The van der Waals surface area contributed by atoms with Gasteiger partial charge in [0.2, 0.25) is 0 Å². The highest BCUT2D eigenvalue weighted by Crippen LogP contribution is 2.23. The first-order valence-electron chi connectivity index (χ1n) is 8.79. The number of carbonyl (C=O) groups excluding carboxylic acids is 2. The zero-order chi connectivity index (χ0) is 18.9. The van der Waals surface area contributed by atoms with Crippen molar-refractivity contribution in [1.29, 1.82) is 0 Å². The lowest BCUT2D eigenvalue weighted by atomic mass is 10.0. The monoisotopic (exact) mass is 360 g/mol. The van der Waals surface area contributed by atoms with Crippen LogP contribution in [0, 0.1) is 0 Å². The number of ether oxygens (including phenoxy) is 1. The summed E-state index contributed by atoms with van der Waals surface area (Å²) in [7, 11) is 3.99. The molecule has 1 unspecified atom stereocenters. The maximum Gasteiger partial charge on any atom is 0.309 e. The van der Waals surface area contributed by atoms with Crippen LogP contribution in [0.4, 0.5) is 5.69 Å². The topological polar surface area (TPSA) is 73.9 Å². The molecular weight excluding hydrogens is 332 g/mol. The lowest BCUT2D eigenvalue weighted by Crippen LogP contribution is -2.46. The van der Waals surface area contributed by atoms with E-state index in [1.54, 1.807) is 0 Å². The van der Waals surface area contributed by atoms with Crippen LogP contribution in [0.3, 0.4) is 0 Å². The fourth-order valence-electron chi connectivity index (χ4n) is 2.86. The highest BCUT2D eigenvalue weighted by molar-refractivity contribution is 6.35. The van der Waals surface area contributed by atoms with Crippen molar-refractivity contribution in [2.24, 2.45) is 0 Å². The fourth-order valence-corrected chi connectivity index (χ4v) is 2.86. The summed E-state index contributed by atoms with van der Waals surface area (Å²) in [5.41, 5.74) is 2.21. The Balaban J connectivity index is 2.07. The van der Waals surface area contributed by atoms with Gasteiger partial charge in [0.25, 0.3) is 0 Å². The van der Waals surface area contributed by atoms with Crippen molar-refractivity contribution in [1.82, 2.24) is 15.5 Å². The van der Waals surface area contributed by atoms with Crippen molar-refractivity contribution < 1.29 is 14.3 Å². The number of anilines is 1. The third-order valence-corrected chi connectivity index (χ3v) is 4.35. The Labute approximate surface area is 155 Å². The second-order valence-electron chi connectivity index (χ2n) is 6.36. The molecule has 1 saturated heterocycles. The molecule has 1 aromatic carbocycles. The van der Waals surface area contributed by atoms with Gasteiger partial charge in [-0.05, 0) is 17.7 Å². The third-order valence-electron chi connectivity index (χ3n) is 4.35. The molecule has 1 fully saturated rings. The van der Waals surface area contributed by atoms with Crippen molar-refractivity contribution in [3.8, 4) is 0 Å². The lowest BCUT2D eigenvalue weighted by molar-refractivity contribution is -0.139. The summed E-state index contributed by atoms with van der Waals surface area (Å²) in [4.78, 5) is 28.1. The van der Waals surface area contributed by atoms with E-state index in [1.807, 2.05) is 19.0 Å². The van der Waals surface area contributed by atoms with Crippen LogP contribution in [0.1, 0.15) is 11.6 Å². The van der Waals surface area contributed by atoms with Crippen molar-refractivity contribution in [2.45, 2.75) is 6.04 Å². The van der Waals surface area contributed by atoms with E-state index in [-0.39, 0.29) is 12.6 Å². The molecule has 0 aromatic heterocycles. The Bertz CT molecular complexity index is 610. The van der Waals surface area contributed by atoms with E-state index in [2.05, 4.69) is 46.4 Å². The molecule has 2 N–H and O–H groups in total. The Morgan fingerprint density at radius 2 is 1.81 bits per heavy atom. The van der Waals surface area contributed by atoms with Crippen molar-refractivity contribution >= 4 is 17.5 Å². The predicted molar refractivity (Wildman–Crippen MR) is 102 cm³/mol. The molecule has 7 heteroatoms. The molecule has 2 amide bonds. The van der Waals surface area contributed by atoms with Crippen LogP contribution in [0.25, 0.3) is 0 Å². The van der Waals surface area contributed by atoms with E-state index in [1.165, 1.54) is 6.08 Å². The van der Waals surface area contributed by atoms with Gasteiger partial charge in [-0.25, -0.2) is 0 Å². The first-order valence-corrected chi connectivity index (χ1v) is 8.79. The number of morpholine rings is 1. The number of nitrogens with one attached hydrogen (secondary N) is 2. The summed E-state index contributed by atoms with van der Waals surface area (Å²) in [6.45, 7) is 7.06. The fraction of sp³-hybridized carbons (Fsp3) is 0.474. The van der Waals surface area contributed by atoms with Crippen molar-refractivity contribution in [2.75, 3.05) is 58.4 Å². The van der Waals surface area contributed by atoms with Crippen molar-refractivity contribution in [3.05, 3.63) is 42.5 Å². The highest BCUT2D eigenvalue weighted by atomic mass is 16.5. The second kappa shape index (κ2) is 9.94. The average Bonchev–Trinajstić information content (AvgIpc) is 2.67. The molecule has 0 spiro atoms. The largest absolute Gasteiger partial charge is 0.379 e. The van der Waals surface area contributed by atoms with Gasteiger partial charge in [0, 0.05) is 46.0 Å². The molecule has 1 atom stereocenters. The third kappa shape index (κ3) is 5.57. The molecule has 142 valence electrons. The number of carbonyl (C=O) groups is 2. The van der Waals surface area contributed by atoms with Gasteiger partial charge in [-0.2, -0.15) is 0 Å². The zero-order valence-electron chi connectivity index (χ0n) is 15.5. The molecule has 1 aromatic rings. The Morgan fingerprint density at radius 3 is 2.38 bits per heavy atom. The second-order valence-corrected chi connectivity index (χ2v) is 6.36. The SMILES string of the molecule is C=CCNC(=O)C(=O)NCC(c1ccc(N(C)C)cc1)N1CCOCC1. The maximum atomic E-state index is 12.0. The van der Waals surface area contributed by atoms with Gasteiger partial charge in [-0.3, -0.25) is 14.5 Å². The summed E-state index contributed by atoms with van der Waals surface area (Å²) in [5.74, 6) is -1.27.